The molecule has 0 saturated heterocycles. The number of likely N-dealkylation sites (N-methyl/N-ethyl adjacent to an activating group) is 1. The number of nitrogens with zero attached hydrogens (tertiary/aromatic N) is 1. The monoisotopic (exact) mass is 375 g/mol. The van der Waals surface area contributed by atoms with Gasteiger partial charge in [0.25, 0.3) is 0 Å². The van der Waals surface area contributed by atoms with Crippen LogP contribution in [0.3, 0.4) is 0 Å². The Morgan fingerprint density at radius 2 is 1.96 bits per heavy atom. The smallest absolute Gasteiger partial charge is 0.321 e. The molecule has 3 atom stereocenters. The third-order valence-corrected chi connectivity index (χ3v) is 5.58. The highest BCUT2D eigenvalue weighted by Gasteiger charge is 2.28. The zero-order valence-electron chi connectivity index (χ0n) is 16.3. The lowest BCUT2D eigenvalue weighted by Crippen LogP contribution is -2.50. The largest absolute Gasteiger partial charge is 0.454 e. The van der Waals surface area contributed by atoms with Crippen LogP contribution < -0.4 is 20.1 Å². The Hall–Kier alpha value is -2.28. The van der Waals surface area contributed by atoms with E-state index < -0.39 is 6.03 Å². The maximum Gasteiger partial charge on any atom is 0.321 e. The summed E-state index contributed by atoms with van der Waals surface area (Å²) in [6.07, 6.45) is 3.28. The maximum atomic E-state index is 12.2. The van der Waals surface area contributed by atoms with Crippen LogP contribution in [0, 0.1) is 11.8 Å². The van der Waals surface area contributed by atoms with Gasteiger partial charge in [-0.25, -0.2) is 4.79 Å². The highest BCUT2D eigenvalue weighted by molar-refractivity contribution is 5.95. The number of carbonyl (C=O) groups is 2. The lowest BCUT2D eigenvalue weighted by Gasteiger charge is -2.34. The Balaban J connectivity index is 1.43. The van der Waals surface area contributed by atoms with Crippen LogP contribution >= 0.6 is 0 Å². The average molecular weight is 375 g/mol. The third-order valence-electron chi connectivity index (χ3n) is 5.58. The molecule has 2 aliphatic rings. The summed E-state index contributed by atoms with van der Waals surface area (Å²) in [6.45, 7) is 5.33. The van der Waals surface area contributed by atoms with Crippen molar-refractivity contribution in [2.45, 2.75) is 45.7 Å². The van der Waals surface area contributed by atoms with Crippen molar-refractivity contribution in [3.63, 3.8) is 0 Å². The normalized spacial score (nSPS) is 23.9. The summed E-state index contributed by atoms with van der Waals surface area (Å²) in [5, 5.41) is 5.41. The van der Waals surface area contributed by atoms with E-state index >= 15 is 0 Å². The van der Waals surface area contributed by atoms with Crippen LogP contribution in [-0.4, -0.2) is 43.3 Å². The average Bonchev–Trinajstić information content (AvgIpc) is 3.06. The molecule has 0 bridgehead atoms. The number of benzene rings is 1. The molecule has 27 heavy (non-hydrogen) atoms. The van der Waals surface area contributed by atoms with Gasteiger partial charge < -0.3 is 14.8 Å². The standard InChI is InChI=1S/C20H29N3O4/c1-13-5-4-6-16(14(13)2)21-20(25)22-19(24)11-23(3)10-15-7-8-17-18(9-15)27-12-26-17/h7-9,13-14,16H,4-6,10-12H2,1-3H3,(H2,21,22,24,25). The molecule has 1 saturated carbocycles. The second-order valence-corrected chi connectivity index (χ2v) is 7.76. The SMILES string of the molecule is CC1CCCC(NC(=O)NC(=O)CN(C)Cc2ccc3c(c2)OCO3)C1C. The van der Waals surface area contributed by atoms with Gasteiger partial charge in [0, 0.05) is 12.6 Å². The van der Waals surface area contributed by atoms with Crippen LogP contribution in [0.5, 0.6) is 11.5 Å². The van der Waals surface area contributed by atoms with Crippen LogP contribution in [0.15, 0.2) is 18.2 Å². The van der Waals surface area contributed by atoms with Crippen LogP contribution in [0.2, 0.25) is 0 Å². The molecule has 2 N–H and O–H groups in total. The van der Waals surface area contributed by atoms with Crippen molar-refractivity contribution in [2.24, 2.45) is 11.8 Å². The van der Waals surface area contributed by atoms with Gasteiger partial charge in [-0.15, -0.1) is 0 Å². The lowest BCUT2D eigenvalue weighted by atomic mass is 9.78. The maximum absolute atomic E-state index is 12.2. The van der Waals surface area contributed by atoms with Crippen LogP contribution in [0.4, 0.5) is 4.79 Å². The summed E-state index contributed by atoms with van der Waals surface area (Å²) >= 11 is 0. The molecule has 0 spiro atoms. The fourth-order valence-electron chi connectivity index (χ4n) is 3.81. The number of carbonyl (C=O) groups excluding carboxylic acids is 2. The first-order valence-electron chi connectivity index (χ1n) is 9.60. The molecule has 1 aliphatic heterocycles. The fourth-order valence-corrected chi connectivity index (χ4v) is 3.81. The summed E-state index contributed by atoms with van der Waals surface area (Å²) in [4.78, 5) is 26.2. The van der Waals surface area contributed by atoms with Gasteiger partial charge in [0.05, 0.1) is 6.54 Å². The van der Waals surface area contributed by atoms with E-state index in [-0.39, 0.29) is 25.3 Å². The van der Waals surface area contributed by atoms with Crippen molar-refractivity contribution in [1.82, 2.24) is 15.5 Å². The first-order valence-corrected chi connectivity index (χ1v) is 9.60. The second kappa shape index (κ2) is 8.61. The Labute approximate surface area is 160 Å². The topological polar surface area (TPSA) is 79.9 Å². The Kier molecular flexibility index (Phi) is 6.21. The number of imide groups is 1. The van der Waals surface area contributed by atoms with Crippen LogP contribution in [0.1, 0.15) is 38.7 Å². The van der Waals surface area contributed by atoms with Crippen molar-refractivity contribution >= 4 is 11.9 Å². The molecule has 0 aromatic heterocycles. The van der Waals surface area contributed by atoms with Crippen LogP contribution in [0.25, 0.3) is 0 Å². The number of nitrogens with one attached hydrogen (secondary N) is 2. The van der Waals surface area contributed by atoms with E-state index in [1.807, 2.05) is 30.1 Å². The molecule has 148 valence electrons. The van der Waals surface area contributed by atoms with Crippen molar-refractivity contribution in [3.8, 4) is 11.5 Å². The van der Waals surface area contributed by atoms with Gasteiger partial charge >= 0.3 is 6.03 Å². The summed E-state index contributed by atoms with van der Waals surface area (Å²) in [5.74, 6) is 2.16. The van der Waals surface area contributed by atoms with Crippen molar-refractivity contribution in [1.29, 1.82) is 0 Å². The number of hydrogen-bond donors (Lipinski definition) is 2. The second-order valence-electron chi connectivity index (χ2n) is 7.76. The van der Waals surface area contributed by atoms with E-state index in [9.17, 15) is 9.59 Å². The van der Waals surface area contributed by atoms with Crippen molar-refractivity contribution in [2.75, 3.05) is 20.4 Å². The molecule has 7 heteroatoms. The van der Waals surface area contributed by atoms with E-state index in [1.54, 1.807) is 0 Å². The number of urea groups is 1. The van der Waals surface area contributed by atoms with Crippen LogP contribution in [-0.2, 0) is 11.3 Å². The molecule has 1 aromatic rings. The number of amides is 3. The van der Waals surface area contributed by atoms with Crippen molar-refractivity contribution in [3.05, 3.63) is 23.8 Å². The molecule has 3 unspecified atom stereocenters. The van der Waals surface area contributed by atoms with Gasteiger partial charge in [-0.1, -0.05) is 32.8 Å². The molecule has 3 amide bonds. The van der Waals surface area contributed by atoms with E-state index in [2.05, 4.69) is 24.5 Å². The molecule has 7 nitrogen and oxygen atoms in total. The molecule has 3 rings (SSSR count). The quantitative estimate of drug-likeness (QED) is 0.827. The predicted molar refractivity (Wildman–Crippen MR) is 102 cm³/mol. The summed E-state index contributed by atoms with van der Waals surface area (Å²) in [5.41, 5.74) is 1.02. The Morgan fingerprint density at radius 1 is 1.19 bits per heavy atom. The van der Waals surface area contributed by atoms with Gasteiger partial charge in [0.15, 0.2) is 11.5 Å². The molecular weight excluding hydrogens is 346 g/mol. The highest BCUT2D eigenvalue weighted by Crippen LogP contribution is 2.32. The lowest BCUT2D eigenvalue weighted by molar-refractivity contribution is -0.121. The third kappa shape index (κ3) is 5.13. The fraction of sp³-hybridized carbons (Fsp3) is 0.600. The summed E-state index contributed by atoms with van der Waals surface area (Å²) < 4.78 is 10.7. The minimum Gasteiger partial charge on any atom is -0.454 e. The van der Waals surface area contributed by atoms with Gasteiger partial charge in [0.1, 0.15) is 0 Å². The van der Waals surface area contributed by atoms with Gasteiger partial charge in [-0.05, 0) is 43.0 Å². The molecule has 1 aromatic carbocycles. The van der Waals surface area contributed by atoms with E-state index in [0.717, 1.165) is 29.9 Å². The van der Waals surface area contributed by atoms with Crippen molar-refractivity contribution < 1.29 is 19.1 Å². The Morgan fingerprint density at radius 3 is 2.78 bits per heavy atom. The minimum atomic E-state index is -0.401. The Bertz CT molecular complexity index is 694. The number of hydrogen-bond acceptors (Lipinski definition) is 5. The van der Waals surface area contributed by atoms with E-state index in [4.69, 9.17) is 9.47 Å². The molecule has 1 fully saturated rings. The number of fused-ring (bicyclic) bond motifs is 1. The zero-order valence-corrected chi connectivity index (χ0v) is 16.3. The highest BCUT2D eigenvalue weighted by atomic mass is 16.7. The van der Waals surface area contributed by atoms with Gasteiger partial charge in [-0.2, -0.15) is 0 Å². The molecule has 0 radical (unpaired) electrons. The van der Waals surface area contributed by atoms with Gasteiger partial charge in [-0.3, -0.25) is 15.0 Å². The first-order chi connectivity index (χ1) is 12.9. The molecular formula is C20H29N3O4. The summed E-state index contributed by atoms with van der Waals surface area (Å²) in [6, 6.07) is 5.45. The summed E-state index contributed by atoms with van der Waals surface area (Å²) in [7, 11) is 1.84. The van der Waals surface area contributed by atoms with E-state index in [1.165, 1.54) is 6.42 Å². The van der Waals surface area contributed by atoms with E-state index in [0.29, 0.717) is 18.4 Å². The number of rotatable bonds is 5. The molecule has 1 aliphatic carbocycles. The minimum absolute atomic E-state index is 0.132. The number of ether oxygens (including phenoxy) is 2. The molecule has 1 heterocycles. The van der Waals surface area contributed by atoms with Gasteiger partial charge in [0.2, 0.25) is 12.7 Å². The first kappa shape index (κ1) is 19.5. The predicted octanol–water partition coefficient (Wildman–Crippen LogP) is 2.50. The zero-order chi connectivity index (χ0) is 19.4.